The molecule has 0 unspecified atom stereocenters. The molecular weight excluding hydrogens is 376 g/mol. The van der Waals surface area contributed by atoms with Crippen molar-refractivity contribution in [3.8, 4) is 11.5 Å². The minimum absolute atomic E-state index is 0.246. The summed E-state index contributed by atoms with van der Waals surface area (Å²) in [6.45, 7) is 4.20. The van der Waals surface area contributed by atoms with E-state index in [9.17, 15) is 9.59 Å². The van der Waals surface area contributed by atoms with Gasteiger partial charge in [0.1, 0.15) is 5.25 Å². The number of nitrogens with zero attached hydrogens (tertiary/aromatic N) is 2. The first-order chi connectivity index (χ1) is 13.6. The molecule has 3 rings (SSSR count). The van der Waals surface area contributed by atoms with E-state index in [4.69, 9.17) is 4.42 Å². The number of imide groups is 1. The zero-order chi connectivity index (χ0) is 19.9. The molecule has 0 aliphatic carbocycles. The molecule has 8 heteroatoms. The van der Waals surface area contributed by atoms with Crippen LogP contribution in [0.3, 0.4) is 0 Å². The van der Waals surface area contributed by atoms with Gasteiger partial charge in [0.05, 0.1) is 0 Å². The van der Waals surface area contributed by atoms with Gasteiger partial charge in [-0.3, -0.25) is 10.1 Å². The fourth-order valence-corrected chi connectivity index (χ4v) is 3.33. The third-order valence-corrected chi connectivity index (χ3v) is 4.93. The van der Waals surface area contributed by atoms with Crippen LogP contribution in [0.15, 0.2) is 64.2 Å². The van der Waals surface area contributed by atoms with Crippen LogP contribution in [0.1, 0.15) is 23.3 Å². The minimum atomic E-state index is -0.713. The SMILES string of the molecule is CCNC(=O)NC(=O)[C@H](Sc1nnc(-c2ccc(C)cc2)o1)c1ccccc1. The van der Waals surface area contributed by atoms with E-state index in [2.05, 4.69) is 20.8 Å². The lowest BCUT2D eigenvalue weighted by Crippen LogP contribution is -2.41. The van der Waals surface area contributed by atoms with E-state index in [0.717, 1.165) is 28.5 Å². The molecule has 1 aromatic heterocycles. The molecule has 0 spiro atoms. The van der Waals surface area contributed by atoms with Gasteiger partial charge in [-0.25, -0.2) is 4.79 Å². The molecule has 0 bridgehead atoms. The highest BCUT2D eigenvalue weighted by Gasteiger charge is 2.26. The Labute approximate surface area is 166 Å². The normalized spacial score (nSPS) is 11.6. The summed E-state index contributed by atoms with van der Waals surface area (Å²) >= 11 is 1.10. The van der Waals surface area contributed by atoms with Gasteiger partial charge in [-0.2, -0.15) is 0 Å². The molecule has 0 aliphatic heterocycles. The van der Waals surface area contributed by atoms with Crippen molar-refractivity contribution in [2.24, 2.45) is 0 Å². The van der Waals surface area contributed by atoms with Crippen molar-refractivity contribution in [1.82, 2.24) is 20.8 Å². The molecule has 7 nitrogen and oxygen atoms in total. The van der Waals surface area contributed by atoms with Gasteiger partial charge in [0.15, 0.2) is 0 Å². The first-order valence-corrected chi connectivity index (χ1v) is 9.65. The number of carbonyl (C=O) groups excluding carboxylic acids is 2. The van der Waals surface area contributed by atoms with E-state index in [1.54, 1.807) is 6.92 Å². The molecule has 0 saturated heterocycles. The Morgan fingerprint density at radius 1 is 1.07 bits per heavy atom. The van der Waals surface area contributed by atoms with Crippen LogP contribution in [0.4, 0.5) is 4.79 Å². The lowest BCUT2D eigenvalue weighted by atomic mass is 10.1. The molecule has 2 N–H and O–H groups in total. The lowest BCUT2D eigenvalue weighted by Gasteiger charge is -2.14. The summed E-state index contributed by atoms with van der Waals surface area (Å²) in [6.07, 6.45) is 0. The summed E-state index contributed by atoms with van der Waals surface area (Å²) in [5.41, 5.74) is 2.65. The number of carbonyl (C=O) groups is 2. The number of urea groups is 1. The average molecular weight is 396 g/mol. The maximum absolute atomic E-state index is 12.7. The molecular formula is C20H20N4O3S. The maximum atomic E-state index is 12.7. The van der Waals surface area contributed by atoms with Gasteiger partial charge in [-0.05, 0) is 43.3 Å². The topological polar surface area (TPSA) is 97.1 Å². The maximum Gasteiger partial charge on any atom is 0.321 e. The smallest absolute Gasteiger partial charge is 0.321 e. The number of aryl methyl sites for hydroxylation is 1. The van der Waals surface area contributed by atoms with Crippen LogP contribution in [-0.4, -0.2) is 28.7 Å². The number of aromatic nitrogens is 2. The van der Waals surface area contributed by atoms with Gasteiger partial charge in [-0.1, -0.05) is 48.0 Å². The molecule has 0 radical (unpaired) electrons. The number of thioether (sulfide) groups is 1. The second-order valence-electron chi connectivity index (χ2n) is 6.00. The first-order valence-electron chi connectivity index (χ1n) is 8.77. The van der Waals surface area contributed by atoms with Crippen molar-refractivity contribution < 1.29 is 14.0 Å². The molecule has 3 aromatic rings. The summed E-state index contributed by atoms with van der Waals surface area (Å²) in [6, 6.07) is 16.3. The van der Waals surface area contributed by atoms with Crippen molar-refractivity contribution in [3.05, 3.63) is 65.7 Å². The zero-order valence-electron chi connectivity index (χ0n) is 15.5. The van der Waals surface area contributed by atoms with Crippen LogP contribution >= 0.6 is 11.8 Å². The number of benzene rings is 2. The predicted octanol–water partition coefficient (Wildman–Crippen LogP) is 3.72. The van der Waals surface area contributed by atoms with Crippen LogP contribution in [0.5, 0.6) is 0 Å². The van der Waals surface area contributed by atoms with E-state index in [-0.39, 0.29) is 5.22 Å². The molecule has 144 valence electrons. The second kappa shape index (κ2) is 9.18. The van der Waals surface area contributed by atoms with Crippen molar-refractivity contribution in [2.75, 3.05) is 6.54 Å². The Balaban J connectivity index is 1.81. The fourth-order valence-electron chi connectivity index (χ4n) is 2.45. The van der Waals surface area contributed by atoms with Crippen molar-refractivity contribution >= 4 is 23.7 Å². The summed E-state index contributed by atoms with van der Waals surface area (Å²) in [4.78, 5) is 24.4. The monoisotopic (exact) mass is 396 g/mol. The molecule has 0 aliphatic rings. The van der Waals surface area contributed by atoms with Gasteiger partial charge in [0.2, 0.25) is 11.8 Å². The highest BCUT2D eigenvalue weighted by Crippen LogP contribution is 2.35. The number of hydrogen-bond donors (Lipinski definition) is 2. The Kier molecular flexibility index (Phi) is 6.44. The summed E-state index contributed by atoms with van der Waals surface area (Å²) in [5.74, 6) is -0.0873. The number of rotatable bonds is 6. The molecule has 28 heavy (non-hydrogen) atoms. The van der Waals surface area contributed by atoms with E-state index in [0.29, 0.717) is 12.4 Å². The van der Waals surface area contributed by atoms with Gasteiger partial charge < -0.3 is 9.73 Å². The largest absolute Gasteiger partial charge is 0.411 e. The van der Waals surface area contributed by atoms with Crippen LogP contribution < -0.4 is 10.6 Å². The number of nitrogens with one attached hydrogen (secondary N) is 2. The Morgan fingerprint density at radius 2 is 1.79 bits per heavy atom. The van der Waals surface area contributed by atoms with E-state index >= 15 is 0 Å². The standard InChI is InChI=1S/C20H20N4O3S/c1-3-21-19(26)22-17(25)16(14-7-5-4-6-8-14)28-20-24-23-18(27-20)15-11-9-13(2)10-12-15/h4-12,16H,3H2,1-2H3,(H2,21,22,25,26)/t16-/m1/s1. The van der Waals surface area contributed by atoms with Crippen LogP contribution in [-0.2, 0) is 4.79 Å². The van der Waals surface area contributed by atoms with Gasteiger partial charge in [-0.15, -0.1) is 10.2 Å². The van der Waals surface area contributed by atoms with E-state index in [1.165, 1.54) is 0 Å². The fraction of sp³-hybridized carbons (Fsp3) is 0.200. The van der Waals surface area contributed by atoms with Crippen molar-refractivity contribution in [1.29, 1.82) is 0 Å². The van der Waals surface area contributed by atoms with Gasteiger partial charge >= 0.3 is 6.03 Å². The third-order valence-electron chi connectivity index (χ3n) is 3.84. The van der Waals surface area contributed by atoms with E-state index in [1.807, 2.05) is 61.5 Å². The summed E-state index contributed by atoms with van der Waals surface area (Å²) < 4.78 is 5.72. The molecule has 1 heterocycles. The summed E-state index contributed by atoms with van der Waals surface area (Å²) in [7, 11) is 0. The number of amides is 3. The van der Waals surface area contributed by atoms with Crippen LogP contribution in [0.2, 0.25) is 0 Å². The van der Waals surface area contributed by atoms with Gasteiger partial charge in [0, 0.05) is 12.1 Å². The quantitative estimate of drug-likeness (QED) is 0.616. The Bertz CT molecular complexity index is 942. The zero-order valence-corrected chi connectivity index (χ0v) is 16.3. The predicted molar refractivity (Wildman–Crippen MR) is 107 cm³/mol. The average Bonchev–Trinajstić information content (AvgIpc) is 3.16. The second-order valence-corrected chi connectivity index (χ2v) is 7.05. The molecule has 0 saturated carbocycles. The third kappa shape index (κ3) is 4.98. The Morgan fingerprint density at radius 3 is 2.46 bits per heavy atom. The van der Waals surface area contributed by atoms with Gasteiger partial charge in [0.25, 0.3) is 5.22 Å². The highest BCUT2D eigenvalue weighted by molar-refractivity contribution is 8.00. The van der Waals surface area contributed by atoms with Crippen molar-refractivity contribution in [3.63, 3.8) is 0 Å². The lowest BCUT2D eigenvalue weighted by molar-refractivity contribution is -0.119. The molecule has 2 aromatic carbocycles. The van der Waals surface area contributed by atoms with Crippen LogP contribution in [0.25, 0.3) is 11.5 Å². The van der Waals surface area contributed by atoms with Crippen molar-refractivity contribution in [2.45, 2.75) is 24.3 Å². The number of hydrogen-bond acceptors (Lipinski definition) is 6. The molecule has 3 amide bonds. The van der Waals surface area contributed by atoms with Crippen LogP contribution in [0, 0.1) is 6.92 Å². The minimum Gasteiger partial charge on any atom is -0.411 e. The molecule has 1 atom stereocenters. The summed E-state index contributed by atoms with van der Waals surface area (Å²) in [5, 5.41) is 12.5. The first kappa shape index (κ1) is 19.6. The highest BCUT2D eigenvalue weighted by atomic mass is 32.2. The molecule has 0 fully saturated rings. The van der Waals surface area contributed by atoms with E-state index < -0.39 is 17.2 Å². The Hall–Kier alpha value is -3.13.